The Hall–Kier alpha value is -2.12. The topological polar surface area (TPSA) is 39.7 Å². The summed E-state index contributed by atoms with van der Waals surface area (Å²) in [7, 11) is 2.02. The maximum Gasteiger partial charge on any atom is 0.132 e. The lowest BCUT2D eigenvalue weighted by Crippen LogP contribution is -2.54. The Bertz CT molecular complexity index is 982. The first-order chi connectivity index (χ1) is 17.5. The summed E-state index contributed by atoms with van der Waals surface area (Å²) in [5, 5.41) is 6.75. The second kappa shape index (κ2) is 13.1. The number of allylic oxidation sites excluding steroid dienone is 2. The molecular weight excluding hydrogens is 473 g/mol. The fraction of sp³-hybridized carbons (Fsp3) is 0.633. The molecule has 2 N–H and O–H groups in total. The van der Waals surface area contributed by atoms with Crippen LogP contribution in [0.1, 0.15) is 59.4 Å². The number of likely N-dealkylation sites (N-methyl/N-ethyl adjacent to an activating group) is 1. The first-order valence-corrected chi connectivity index (χ1v) is 13.7. The normalized spacial score (nSPS) is 26.0. The summed E-state index contributed by atoms with van der Waals surface area (Å²) in [6.07, 6.45) is 8.34. The number of nitrogens with zero attached hydrogens (tertiary/aromatic N) is 2. The van der Waals surface area contributed by atoms with Crippen molar-refractivity contribution in [2.75, 3.05) is 33.2 Å². The van der Waals surface area contributed by atoms with Crippen LogP contribution in [0.25, 0.3) is 5.70 Å². The third-order valence-corrected chi connectivity index (χ3v) is 7.58. The number of alkyl halides is 1. The largest absolute Gasteiger partial charge is 0.361 e. The molecular formula is C30H45F3N4. The number of halogens is 3. The van der Waals surface area contributed by atoms with Crippen molar-refractivity contribution in [1.82, 2.24) is 15.5 Å². The fourth-order valence-corrected chi connectivity index (χ4v) is 5.24. The fourth-order valence-electron chi connectivity index (χ4n) is 5.24. The van der Waals surface area contributed by atoms with Gasteiger partial charge in [-0.2, -0.15) is 0 Å². The van der Waals surface area contributed by atoms with Crippen LogP contribution in [-0.2, 0) is 0 Å². The Kier molecular flexibility index (Phi) is 10.4. The lowest BCUT2D eigenvalue weighted by molar-refractivity contribution is 0.242. The van der Waals surface area contributed by atoms with E-state index in [1.54, 1.807) is 0 Å². The van der Waals surface area contributed by atoms with Gasteiger partial charge in [-0.25, -0.2) is 18.2 Å². The molecule has 1 aromatic rings. The van der Waals surface area contributed by atoms with Crippen LogP contribution in [0.15, 0.2) is 41.4 Å². The van der Waals surface area contributed by atoms with Gasteiger partial charge in [-0.05, 0) is 54.7 Å². The lowest BCUT2D eigenvalue weighted by atomic mass is 9.83. The number of aliphatic imine (C=N–C) groups is 1. The summed E-state index contributed by atoms with van der Waals surface area (Å²) in [6.45, 7) is 12.9. The molecule has 0 aromatic heterocycles. The molecule has 0 amide bonds. The highest BCUT2D eigenvalue weighted by Gasteiger charge is 2.35. The number of rotatable bonds is 9. The molecule has 1 aliphatic heterocycles. The van der Waals surface area contributed by atoms with Crippen LogP contribution in [-0.4, -0.2) is 56.2 Å². The molecule has 0 radical (unpaired) electrons. The van der Waals surface area contributed by atoms with Gasteiger partial charge in [0.25, 0.3) is 0 Å². The predicted molar refractivity (Wildman–Crippen MR) is 148 cm³/mol. The van der Waals surface area contributed by atoms with E-state index in [0.29, 0.717) is 43.6 Å². The van der Waals surface area contributed by atoms with Gasteiger partial charge in [0.15, 0.2) is 0 Å². The van der Waals surface area contributed by atoms with E-state index in [9.17, 15) is 13.2 Å². The summed E-state index contributed by atoms with van der Waals surface area (Å²) in [5.41, 5.74) is 0.294. The van der Waals surface area contributed by atoms with Crippen molar-refractivity contribution >= 4 is 11.5 Å². The Morgan fingerprint density at radius 1 is 1.27 bits per heavy atom. The molecule has 1 fully saturated rings. The molecule has 1 aromatic carbocycles. The van der Waals surface area contributed by atoms with E-state index in [2.05, 4.69) is 55.4 Å². The summed E-state index contributed by atoms with van der Waals surface area (Å²) in [4.78, 5) is 7.21. The van der Waals surface area contributed by atoms with Crippen LogP contribution in [0, 0.1) is 34.8 Å². The van der Waals surface area contributed by atoms with Crippen molar-refractivity contribution in [2.24, 2.45) is 28.2 Å². The van der Waals surface area contributed by atoms with Crippen molar-refractivity contribution in [1.29, 1.82) is 0 Å². The molecule has 206 valence electrons. The van der Waals surface area contributed by atoms with Crippen molar-refractivity contribution < 1.29 is 13.2 Å². The average molecular weight is 519 g/mol. The Morgan fingerprint density at radius 3 is 2.65 bits per heavy atom. The monoisotopic (exact) mass is 518 g/mol. The van der Waals surface area contributed by atoms with Gasteiger partial charge in [0.1, 0.15) is 23.6 Å². The summed E-state index contributed by atoms with van der Waals surface area (Å²) >= 11 is 0. The van der Waals surface area contributed by atoms with Crippen molar-refractivity contribution in [2.45, 2.75) is 66.1 Å². The first-order valence-electron chi connectivity index (χ1n) is 13.7. The van der Waals surface area contributed by atoms with Gasteiger partial charge < -0.3 is 15.5 Å². The molecule has 1 aliphatic carbocycles. The predicted octanol–water partition coefficient (Wildman–Crippen LogP) is 6.21. The van der Waals surface area contributed by atoms with E-state index >= 15 is 0 Å². The maximum absolute atomic E-state index is 14.9. The van der Waals surface area contributed by atoms with Crippen molar-refractivity contribution in [3.63, 3.8) is 0 Å². The summed E-state index contributed by atoms with van der Waals surface area (Å²) < 4.78 is 43.5. The molecule has 0 saturated carbocycles. The molecule has 0 spiro atoms. The number of amidine groups is 1. The van der Waals surface area contributed by atoms with E-state index in [0.717, 1.165) is 37.4 Å². The van der Waals surface area contributed by atoms with Crippen molar-refractivity contribution in [3.05, 3.63) is 53.6 Å². The van der Waals surface area contributed by atoms with Gasteiger partial charge >= 0.3 is 0 Å². The number of hydrogen-bond acceptors (Lipinski definition) is 3. The molecule has 4 nitrogen and oxygen atoms in total. The van der Waals surface area contributed by atoms with Crippen molar-refractivity contribution in [3.8, 4) is 0 Å². The van der Waals surface area contributed by atoms with Crippen LogP contribution in [0.3, 0.4) is 0 Å². The van der Waals surface area contributed by atoms with E-state index in [1.807, 2.05) is 20.0 Å². The number of nitrogens with one attached hydrogen (secondary N) is 2. The average Bonchev–Trinajstić information content (AvgIpc) is 3.24. The number of hydrogen-bond donors (Lipinski definition) is 2. The third-order valence-electron chi connectivity index (χ3n) is 7.58. The van der Waals surface area contributed by atoms with E-state index in [4.69, 9.17) is 4.99 Å². The Labute approximate surface area is 221 Å². The second-order valence-electron chi connectivity index (χ2n) is 11.8. The van der Waals surface area contributed by atoms with E-state index in [-0.39, 0.29) is 22.9 Å². The Balaban J connectivity index is 2.04. The minimum atomic E-state index is -0.892. The zero-order valence-corrected chi connectivity index (χ0v) is 23.3. The molecule has 37 heavy (non-hydrogen) atoms. The van der Waals surface area contributed by atoms with E-state index in [1.165, 1.54) is 6.07 Å². The minimum absolute atomic E-state index is 0.121. The van der Waals surface area contributed by atoms with Crippen LogP contribution in [0.2, 0.25) is 0 Å². The molecule has 1 saturated heterocycles. The van der Waals surface area contributed by atoms with Crippen LogP contribution in [0.5, 0.6) is 0 Å². The van der Waals surface area contributed by atoms with Crippen LogP contribution < -0.4 is 10.6 Å². The highest BCUT2D eigenvalue weighted by molar-refractivity contribution is 5.93. The van der Waals surface area contributed by atoms with Gasteiger partial charge in [-0.15, -0.1) is 0 Å². The lowest BCUT2D eigenvalue weighted by Gasteiger charge is -2.39. The smallest absolute Gasteiger partial charge is 0.132 e. The zero-order chi connectivity index (χ0) is 27.2. The highest BCUT2D eigenvalue weighted by Crippen LogP contribution is 2.29. The zero-order valence-electron chi connectivity index (χ0n) is 23.3. The van der Waals surface area contributed by atoms with Gasteiger partial charge in [-0.3, -0.25) is 0 Å². The standard InChI is InChI=1S/C30H45F3N4/c1-7-10-27(24-15-23(31)13-14-25(24)32)36-29(37(6)19-21-12-9-8-11-20(21)2)28(30(3,4)5)35-17-22-16-34-18-26(22)33/h9-10,12-15,20-22,26,28,34-35H,7-8,11,16-19H2,1-6H3. The van der Waals surface area contributed by atoms with E-state index < -0.39 is 17.8 Å². The third kappa shape index (κ3) is 7.93. The summed E-state index contributed by atoms with van der Waals surface area (Å²) in [5.74, 6) is 0.528. The molecule has 2 aliphatic rings. The van der Waals surface area contributed by atoms with Gasteiger partial charge in [0, 0.05) is 44.7 Å². The van der Waals surface area contributed by atoms with Gasteiger partial charge in [-0.1, -0.05) is 52.8 Å². The maximum atomic E-state index is 14.9. The molecule has 1 heterocycles. The molecule has 0 bridgehead atoms. The minimum Gasteiger partial charge on any atom is -0.361 e. The quantitative estimate of drug-likeness (QED) is 0.232. The second-order valence-corrected chi connectivity index (χ2v) is 11.8. The summed E-state index contributed by atoms with van der Waals surface area (Å²) in [6, 6.07) is 3.25. The molecule has 7 heteroatoms. The van der Waals surface area contributed by atoms with Gasteiger partial charge in [0.05, 0.1) is 11.7 Å². The molecule has 3 rings (SSSR count). The Morgan fingerprint density at radius 2 is 2.03 bits per heavy atom. The molecule has 5 unspecified atom stereocenters. The SMILES string of the molecule is CCC=C(N=C(C(NCC1CNCC1F)C(C)(C)C)N(C)CC1C=CCCC1C)c1cc(F)ccc1F. The highest BCUT2D eigenvalue weighted by atomic mass is 19.1. The van der Waals surface area contributed by atoms with Gasteiger partial charge in [0.2, 0.25) is 0 Å². The number of benzene rings is 1. The first kappa shape index (κ1) is 29.4. The molecule has 5 atom stereocenters. The van der Waals surface area contributed by atoms with Crippen LogP contribution in [0.4, 0.5) is 13.2 Å². The van der Waals surface area contributed by atoms with Crippen LogP contribution >= 0.6 is 0 Å².